The van der Waals surface area contributed by atoms with Crippen LogP contribution in [0.25, 0.3) is 5.69 Å². The molecule has 0 saturated heterocycles. The summed E-state index contributed by atoms with van der Waals surface area (Å²) in [4.78, 5) is 31.6. The van der Waals surface area contributed by atoms with Crippen molar-refractivity contribution in [2.24, 2.45) is 0 Å². The van der Waals surface area contributed by atoms with Gasteiger partial charge in [0.25, 0.3) is 0 Å². The van der Waals surface area contributed by atoms with E-state index in [1.54, 1.807) is 11.1 Å². The van der Waals surface area contributed by atoms with Crippen molar-refractivity contribution < 1.29 is 9.59 Å². The minimum atomic E-state index is -0.221. The monoisotopic (exact) mass is 420 g/mol. The molecule has 1 N–H and O–H groups in total. The van der Waals surface area contributed by atoms with Crippen LogP contribution in [0.3, 0.4) is 0 Å². The first kappa shape index (κ1) is 20.2. The van der Waals surface area contributed by atoms with Crippen LogP contribution in [0.15, 0.2) is 60.0 Å². The van der Waals surface area contributed by atoms with Gasteiger partial charge in [-0.2, -0.15) is 0 Å². The maximum absolute atomic E-state index is 13.2. The zero-order chi connectivity index (χ0) is 21.3. The molecule has 0 spiro atoms. The highest BCUT2D eigenvalue weighted by Gasteiger charge is 2.29. The van der Waals surface area contributed by atoms with Crippen LogP contribution < -0.4 is 10.2 Å². The second-order valence-corrected chi connectivity index (χ2v) is 8.48. The number of nitrogens with one attached hydrogen (secondary N) is 1. The van der Waals surface area contributed by atoms with Crippen LogP contribution >= 0.6 is 11.8 Å². The summed E-state index contributed by atoms with van der Waals surface area (Å²) in [6, 6.07) is 13.5. The van der Waals surface area contributed by atoms with Crippen LogP contribution in [-0.4, -0.2) is 33.2 Å². The normalized spacial score (nSPS) is 16.0. The topological polar surface area (TPSA) is 67.2 Å². The summed E-state index contributed by atoms with van der Waals surface area (Å²) in [5.41, 5.74) is 4.82. The molecule has 2 aromatic carbocycles. The Morgan fingerprint density at radius 2 is 2.00 bits per heavy atom. The largest absolute Gasteiger partial charge is 0.324 e. The van der Waals surface area contributed by atoms with E-state index in [2.05, 4.69) is 42.3 Å². The molecule has 0 saturated carbocycles. The first-order chi connectivity index (χ1) is 14.4. The van der Waals surface area contributed by atoms with Crippen molar-refractivity contribution in [1.82, 2.24) is 9.55 Å². The number of nitrogens with zero attached hydrogens (tertiary/aromatic N) is 3. The van der Waals surface area contributed by atoms with Gasteiger partial charge in [0.15, 0.2) is 5.16 Å². The van der Waals surface area contributed by atoms with Crippen molar-refractivity contribution in [3.05, 3.63) is 66.0 Å². The van der Waals surface area contributed by atoms with Crippen LogP contribution in [0.1, 0.15) is 24.5 Å². The lowest BCUT2D eigenvalue weighted by atomic mass is 10.1. The number of carbonyl (C=O) groups excluding carboxylic acids is 2. The Bertz CT molecular complexity index is 1110. The minimum absolute atomic E-state index is 0.0494. The Morgan fingerprint density at radius 3 is 2.80 bits per heavy atom. The average Bonchev–Trinajstić information content (AvgIpc) is 3.11. The SMILES string of the molecule is Cc1ccc(-n2ccnc2SCC(=O)N2c3ccccc3NC(=O)C[C@@H]2C)c(C)c1. The summed E-state index contributed by atoms with van der Waals surface area (Å²) in [5.74, 6) is 0.101. The van der Waals surface area contributed by atoms with Crippen LogP contribution in [0.4, 0.5) is 11.4 Å². The first-order valence-corrected chi connectivity index (χ1v) is 10.9. The number of fused-ring (bicyclic) bond motifs is 1. The second kappa shape index (κ2) is 8.36. The van der Waals surface area contributed by atoms with E-state index in [-0.39, 0.29) is 30.0 Å². The number of aromatic nitrogens is 2. The molecule has 1 aliphatic rings. The van der Waals surface area contributed by atoms with Gasteiger partial charge in [-0.25, -0.2) is 4.98 Å². The maximum Gasteiger partial charge on any atom is 0.237 e. The van der Waals surface area contributed by atoms with E-state index in [1.807, 2.05) is 42.0 Å². The van der Waals surface area contributed by atoms with Crippen molar-refractivity contribution in [2.75, 3.05) is 16.0 Å². The molecule has 154 valence electrons. The van der Waals surface area contributed by atoms with Crippen LogP contribution in [0, 0.1) is 13.8 Å². The van der Waals surface area contributed by atoms with Gasteiger partial charge >= 0.3 is 0 Å². The smallest absolute Gasteiger partial charge is 0.237 e. The van der Waals surface area contributed by atoms with E-state index in [0.717, 1.165) is 22.1 Å². The van der Waals surface area contributed by atoms with Crippen molar-refractivity contribution in [3.63, 3.8) is 0 Å². The van der Waals surface area contributed by atoms with Gasteiger partial charge in [0.2, 0.25) is 11.8 Å². The van der Waals surface area contributed by atoms with Crippen molar-refractivity contribution in [2.45, 2.75) is 38.4 Å². The fourth-order valence-electron chi connectivity index (χ4n) is 3.82. The number of aryl methyl sites for hydroxylation is 2. The molecule has 3 aromatic rings. The number of rotatable bonds is 4. The van der Waals surface area contributed by atoms with Crippen LogP contribution in [0.2, 0.25) is 0 Å². The zero-order valence-corrected chi connectivity index (χ0v) is 18.1. The Labute approximate surface area is 180 Å². The predicted octanol–water partition coefficient (Wildman–Crippen LogP) is 4.35. The van der Waals surface area contributed by atoms with Crippen molar-refractivity contribution in [3.8, 4) is 5.69 Å². The van der Waals surface area contributed by atoms with Gasteiger partial charge in [-0.3, -0.25) is 14.2 Å². The molecule has 0 unspecified atom stereocenters. The lowest BCUT2D eigenvalue weighted by molar-refractivity contribution is -0.117. The van der Waals surface area contributed by atoms with Gasteiger partial charge in [-0.05, 0) is 44.5 Å². The molecule has 1 atom stereocenters. The highest BCUT2D eigenvalue weighted by atomic mass is 32.2. The van der Waals surface area contributed by atoms with Gasteiger partial charge in [-0.15, -0.1) is 0 Å². The van der Waals surface area contributed by atoms with Gasteiger partial charge < -0.3 is 10.2 Å². The summed E-state index contributed by atoms with van der Waals surface area (Å²) in [5, 5.41) is 3.66. The third-order valence-corrected chi connectivity index (χ3v) is 6.12. The van der Waals surface area contributed by atoms with E-state index in [4.69, 9.17) is 0 Å². The molecule has 1 aliphatic heterocycles. The van der Waals surface area contributed by atoms with Crippen molar-refractivity contribution in [1.29, 1.82) is 0 Å². The maximum atomic E-state index is 13.2. The summed E-state index contributed by atoms with van der Waals surface area (Å²) in [6.07, 6.45) is 3.93. The Balaban J connectivity index is 1.56. The highest BCUT2D eigenvalue weighted by molar-refractivity contribution is 7.99. The lowest BCUT2D eigenvalue weighted by Crippen LogP contribution is -2.40. The molecular weight excluding hydrogens is 396 g/mol. The van der Waals surface area contributed by atoms with E-state index in [0.29, 0.717) is 5.69 Å². The summed E-state index contributed by atoms with van der Waals surface area (Å²) in [7, 11) is 0. The average molecular weight is 421 g/mol. The number of anilines is 2. The number of benzene rings is 2. The van der Waals surface area contributed by atoms with E-state index in [1.165, 1.54) is 17.3 Å². The van der Waals surface area contributed by atoms with Crippen LogP contribution in [0.5, 0.6) is 0 Å². The molecule has 2 heterocycles. The third kappa shape index (κ3) is 3.98. The number of amides is 2. The zero-order valence-electron chi connectivity index (χ0n) is 17.3. The minimum Gasteiger partial charge on any atom is -0.324 e. The van der Waals surface area contributed by atoms with Crippen LogP contribution in [-0.2, 0) is 9.59 Å². The molecule has 0 fully saturated rings. The van der Waals surface area contributed by atoms with Gasteiger partial charge in [-0.1, -0.05) is 41.6 Å². The molecule has 6 nitrogen and oxygen atoms in total. The summed E-state index contributed by atoms with van der Waals surface area (Å²) < 4.78 is 2.01. The molecule has 4 rings (SSSR count). The fourth-order valence-corrected chi connectivity index (χ4v) is 4.64. The number of carbonyl (C=O) groups is 2. The number of hydrogen-bond donors (Lipinski definition) is 1. The predicted molar refractivity (Wildman–Crippen MR) is 120 cm³/mol. The molecule has 0 radical (unpaired) electrons. The Morgan fingerprint density at radius 1 is 1.20 bits per heavy atom. The highest BCUT2D eigenvalue weighted by Crippen LogP contribution is 2.32. The van der Waals surface area contributed by atoms with Gasteiger partial charge in [0.1, 0.15) is 0 Å². The summed E-state index contributed by atoms with van der Waals surface area (Å²) >= 11 is 1.40. The quantitative estimate of drug-likeness (QED) is 0.638. The first-order valence-electron chi connectivity index (χ1n) is 9.89. The lowest BCUT2D eigenvalue weighted by Gasteiger charge is -2.27. The number of thioether (sulfide) groups is 1. The second-order valence-electron chi connectivity index (χ2n) is 7.54. The van der Waals surface area contributed by atoms with Gasteiger partial charge in [0.05, 0.1) is 22.8 Å². The van der Waals surface area contributed by atoms with Crippen molar-refractivity contribution >= 4 is 35.0 Å². The van der Waals surface area contributed by atoms with E-state index in [9.17, 15) is 9.59 Å². The third-order valence-electron chi connectivity index (χ3n) is 5.17. The Hall–Kier alpha value is -3.06. The Kier molecular flexibility index (Phi) is 5.63. The molecular formula is C23H24N4O2S. The standard InChI is InChI=1S/C23H24N4O2S/c1-15-8-9-19(16(2)12-15)26-11-10-24-23(26)30-14-22(29)27-17(3)13-21(28)25-18-6-4-5-7-20(18)27/h4-12,17H,13-14H2,1-3H3,(H,25,28)/t17-/m0/s1. The summed E-state index contributed by atoms with van der Waals surface area (Å²) in [6.45, 7) is 6.04. The number of hydrogen-bond acceptors (Lipinski definition) is 4. The molecule has 2 amide bonds. The fraction of sp³-hybridized carbons (Fsp3) is 0.261. The van der Waals surface area contributed by atoms with E-state index >= 15 is 0 Å². The van der Waals surface area contributed by atoms with Gasteiger partial charge in [0, 0.05) is 24.9 Å². The number of imidazole rings is 1. The molecule has 0 aliphatic carbocycles. The molecule has 30 heavy (non-hydrogen) atoms. The molecule has 0 bridgehead atoms. The molecule has 7 heteroatoms. The molecule has 1 aromatic heterocycles. The number of para-hydroxylation sites is 2. The van der Waals surface area contributed by atoms with E-state index < -0.39 is 0 Å².